The highest BCUT2D eigenvalue weighted by atomic mass is 16.2. The minimum atomic E-state index is -0.387. The number of aromatic nitrogens is 2. The van der Waals surface area contributed by atoms with Gasteiger partial charge in [-0.05, 0) is 25.3 Å². The summed E-state index contributed by atoms with van der Waals surface area (Å²) in [6.45, 7) is 6.51. The average Bonchev–Trinajstić information content (AvgIpc) is 3.05. The Hall–Kier alpha value is -2.63. The number of aryl methyl sites for hydroxylation is 1. The molecule has 2 aliphatic rings. The van der Waals surface area contributed by atoms with E-state index in [1.165, 1.54) is 0 Å². The third-order valence-electron chi connectivity index (χ3n) is 6.06. The van der Waals surface area contributed by atoms with E-state index in [-0.39, 0.29) is 17.4 Å². The molecule has 0 unspecified atom stereocenters. The van der Waals surface area contributed by atoms with Gasteiger partial charge < -0.3 is 14.4 Å². The maximum Gasteiger partial charge on any atom is 0.226 e. The number of fused-ring (bicyclic) bond motifs is 2. The van der Waals surface area contributed by atoms with Crippen LogP contribution in [0.15, 0.2) is 36.5 Å². The van der Waals surface area contributed by atoms with Gasteiger partial charge in [-0.15, -0.1) is 0 Å². The van der Waals surface area contributed by atoms with E-state index >= 15 is 0 Å². The summed E-state index contributed by atoms with van der Waals surface area (Å²) in [6, 6.07) is 9.86. The second-order valence-electron chi connectivity index (χ2n) is 7.62. The van der Waals surface area contributed by atoms with Crippen molar-refractivity contribution in [1.29, 1.82) is 0 Å². The Labute approximate surface area is 159 Å². The molecule has 6 nitrogen and oxygen atoms in total. The molecular formula is C21H26N4O2. The summed E-state index contributed by atoms with van der Waals surface area (Å²) in [5.74, 6) is 1.23. The number of piperidine rings is 1. The van der Waals surface area contributed by atoms with E-state index in [0.29, 0.717) is 26.1 Å². The molecule has 142 valence electrons. The first-order chi connectivity index (χ1) is 13.0. The van der Waals surface area contributed by atoms with E-state index in [1.807, 2.05) is 46.3 Å². The molecule has 1 aromatic heterocycles. The molecule has 1 aromatic carbocycles. The van der Waals surface area contributed by atoms with Gasteiger partial charge in [0.2, 0.25) is 11.8 Å². The quantitative estimate of drug-likeness (QED) is 0.818. The molecule has 0 atom stereocenters. The third kappa shape index (κ3) is 3.03. The fraction of sp³-hybridized carbons (Fsp3) is 0.476. The zero-order chi connectivity index (χ0) is 19.0. The van der Waals surface area contributed by atoms with Gasteiger partial charge in [0.05, 0.1) is 6.42 Å². The lowest BCUT2D eigenvalue weighted by molar-refractivity contribution is -0.143. The van der Waals surface area contributed by atoms with Crippen LogP contribution < -0.4 is 0 Å². The zero-order valence-corrected chi connectivity index (χ0v) is 16.0. The highest BCUT2D eigenvalue weighted by molar-refractivity contribution is 5.79. The summed E-state index contributed by atoms with van der Waals surface area (Å²) in [5, 5.41) is 0. The molecule has 0 bridgehead atoms. The van der Waals surface area contributed by atoms with Gasteiger partial charge >= 0.3 is 0 Å². The molecule has 2 aliphatic heterocycles. The van der Waals surface area contributed by atoms with Gasteiger partial charge in [-0.3, -0.25) is 9.59 Å². The predicted molar refractivity (Wildman–Crippen MR) is 102 cm³/mol. The molecule has 2 aromatic rings. The number of carbonyl (C=O) groups is 2. The highest BCUT2D eigenvalue weighted by Crippen LogP contribution is 2.41. The monoisotopic (exact) mass is 366 g/mol. The fourth-order valence-electron chi connectivity index (χ4n) is 4.61. The van der Waals surface area contributed by atoms with Crippen LogP contribution in [0.1, 0.15) is 36.8 Å². The van der Waals surface area contributed by atoms with Crippen LogP contribution in [0.2, 0.25) is 0 Å². The number of nitrogens with zero attached hydrogens (tertiary/aromatic N) is 4. The van der Waals surface area contributed by atoms with Gasteiger partial charge in [-0.1, -0.05) is 30.3 Å². The van der Waals surface area contributed by atoms with Crippen LogP contribution in [-0.2, 0) is 28.1 Å². The molecule has 1 spiro atoms. The lowest BCUT2D eigenvalue weighted by Gasteiger charge is -2.50. The number of rotatable bonds is 2. The lowest BCUT2D eigenvalue weighted by Crippen LogP contribution is -2.59. The Bertz CT molecular complexity index is 850. The molecule has 27 heavy (non-hydrogen) atoms. The zero-order valence-electron chi connectivity index (χ0n) is 16.0. The first-order valence-electron chi connectivity index (χ1n) is 9.64. The van der Waals surface area contributed by atoms with E-state index < -0.39 is 0 Å². The molecule has 0 radical (unpaired) electrons. The van der Waals surface area contributed by atoms with E-state index in [9.17, 15) is 9.59 Å². The van der Waals surface area contributed by atoms with Gasteiger partial charge in [-0.25, -0.2) is 4.98 Å². The SMILES string of the molecule is CC(=O)N1CCn2c(C)cnc2C12CCN(C(=O)Cc1ccccc1)CC2. The topological polar surface area (TPSA) is 58.4 Å². The minimum absolute atomic E-state index is 0.0889. The normalized spacial score (nSPS) is 18.4. The Morgan fingerprint density at radius 3 is 2.44 bits per heavy atom. The summed E-state index contributed by atoms with van der Waals surface area (Å²) >= 11 is 0. The largest absolute Gasteiger partial charge is 0.342 e. The number of carbonyl (C=O) groups excluding carboxylic acids is 2. The summed E-state index contributed by atoms with van der Waals surface area (Å²) in [6.07, 6.45) is 3.80. The lowest BCUT2D eigenvalue weighted by atomic mass is 9.83. The summed E-state index contributed by atoms with van der Waals surface area (Å²) in [4.78, 5) is 33.7. The highest BCUT2D eigenvalue weighted by Gasteiger charge is 2.48. The smallest absolute Gasteiger partial charge is 0.226 e. The second kappa shape index (κ2) is 6.83. The second-order valence-corrected chi connectivity index (χ2v) is 7.62. The molecule has 0 aliphatic carbocycles. The predicted octanol–water partition coefficient (Wildman–Crippen LogP) is 2.11. The number of benzene rings is 1. The van der Waals surface area contributed by atoms with Gasteiger partial charge in [-0.2, -0.15) is 0 Å². The Morgan fingerprint density at radius 1 is 1.07 bits per heavy atom. The van der Waals surface area contributed by atoms with Crippen LogP contribution in [-0.4, -0.2) is 50.8 Å². The maximum absolute atomic E-state index is 12.7. The maximum atomic E-state index is 12.7. The Balaban J connectivity index is 1.54. The van der Waals surface area contributed by atoms with Crippen LogP contribution in [0.5, 0.6) is 0 Å². The Morgan fingerprint density at radius 2 is 1.78 bits per heavy atom. The van der Waals surface area contributed by atoms with Crippen molar-refractivity contribution in [2.75, 3.05) is 19.6 Å². The van der Waals surface area contributed by atoms with Gasteiger partial charge in [0.15, 0.2) is 0 Å². The number of likely N-dealkylation sites (tertiary alicyclic amines) is 1. The van der Waals surface area contributed by atoms with Crippen LogP contribution in [0.3, 0.4) is 0 Å². The van der Waals surface area contributed by atoms with Gasteiger partial charge in [0.1, 0.15) is 11.4 Å². The van der Waals surface area contributed by atoms with Crippen LogP contribution in [0.4, 0.5) is 0 Å². The summed E-state index contributed by atoms with van der Waals surface area (Å²) < 4.78 is 2.24. The number of amides is 2. The van der Waals surface area contributed by atoms with E-state index in [2.05, 4.69) is 16.5 Å². The van der Waals surface area contributed by atoms with Crippen molar-refractivity contribution in [3.63, 3.8) is 0 Å². The molecule has 1 fully saturated rings. The molecular weight excluding hydrogens is 340 g/mol. The van der Waals surface area contributed by atoms with Crippen LogP contribution in [0, 0.1) is 6.92 Å². The first kappa shape index (κ1) is 17.8. The molecule has 0 N–H and O–H groups in total. The summed E-state index contributed by atoms with van der Waals surface area (Å²) in [7, 11) is 0. The third-order valence-corrected chi connectivity index (χ3v) is 6.06. The van der Waals surface area contributed by atoms with Crippen molar-refractivity contribution in [2.24, 2.45) is 0 Å². The van der Waals surface area contributed by atoms with E-state index in [1.54, 1.807) is 6.92 Å². The van der Waals surface area contributed by atoms with Crippen molar-refractivity contribution in [3.8, 4) is 0 Å². The van der Waals surface area contributed by atoms with Gasteiger partial charge in [0, 0.05) is 45.0 Å². The van der Waals surface area contributed by atoms with E-state index in [4.69, 9.17) is 0 Å². The molecule has 4 rings (SSSR count). The van der Waals surface area contributed by atoms with E-state index in [0.717, 1.165) is 36.5 Å². The van der Waals surface area contributed by atoms with Crippen molar-refractivity contribution in [2.45, 2.75) is 45.2 Å². The van der Waals surface area contributed by atoms with Crippen molar-refractivity contribution < 1.29 is 9.59 Å². The summed E-state index contributed by atoms with van der Waals surface area (Å²) in [5.41, 5.74) is 1.79. The van der Waals surface area contributed by atoms with Crippen LogP contribution in [0.25, 0.3) is 0 Å². The number of hydrogen-bond donors (Lipinski definition) is 0. The number of hydrogen-bond acceptors (Lipinski definition) is 3. The first-order valence-corrected chi connectivity index (χ1v) is 9.64. The Kier molecular flexibility index (Phi) is 4.50. The minimum Gasteiger partial charge on any atom is -0.342 e. The van der Waals surface area contributed by atoms with Crippen LogP contribution >= 0.6 is 0 Å². The molecule has 0 saturated carbocycles. The molecule has 3 heterocycles. The van der Waals surface area contributed by atoms with Gasteiger partial charge in [0.25, 0.3) is 0 Å². The average molecular weight is 366 g/mol. The standard InChI is InChI=1S/C21H26N4O2/c1-16-15-22-20-21(25(17(2)26)13-12-24(16)20)8-10-23(11-9-21)19(27)14-18-6-4-3-5-7-18/h3-7,15H,8-14H2,1-2H3. The molecule has 2 amide bonds. The van der Waals surface area contributed by atoms with Crippen molar-refractivity contribution >= 4 is 11.8 Å². The van der Waals surface area contributed by atoms with Crippen molar-refractivity contribution in [3.05, 3.63) is 53.6 Å². The number of imidazole rings is 1. The van der Waals surface area contributed by atoms with Crippen molar-refractivity contribution in [1.82, 2.24) is 19.4 Å². The molecule has 6 heteroatoms. The molecule has 1 saturated heterocycles. The fourth-order valence-corrected chi connectivity index (χ4v) is 4.61.